The summed E-state index contributed by atoms with van der Waals surface area (Å²) in [5.41, 5.74) is 3.95. The van der Waals surface area contributed by atoms with Crippen LogP contribution in [-0.2, 0) is 6.42 Å². The molecule has 4 aromatic rings. The average molecular weight is 397 g/mol. The van der Waals surface area contributed by atoms with E-state index in [1.54, 1.807) is 20.5 Å². The zero-order valence-corrected chi connectivity index (χ0v) is 16.7. The summed E-state index contributed by atoms with van der Waals surface area (Å²) in [4.78, 5) is 14.5. The van der Waals surface area contributed by atoms with Crippen LogP contribution in [0.5, 0.6) is 11.5 Å². The number of ether oxygens (including phenoxy) is 2. The number of hydrogen-bond acceptors (Lipinski definition) is 5. The largest absolute Gasteiger partial charge is 0.493 e. The number of anilines is 1. The van der Waals surface area contributed by atoms with Crippen molar-refractivity contribution in [3.63, 3.8) is 0 Å². The molecule has 6 nitrogen and oxygen atoms in total. The van der Waals surface area contributed by atoms with E-state index in [0.717, 1.165) is 52.2 Å². The van der Waals surface area contributed by atoms with Gasteiger partial charge in [0.1, 0.15) is 17.4 Å². The standard InChI is InChI=1S/C21H21ClN4O2/c1-26(9-8-13-4-7-17(27-2)18(10-13)28-3)21-20-19(23-12-24-21)15-11-14(22)5-6-16(15)25-20/h4-7,10-12,25H,8-9H2,1-3H3. The van der Waals surface area contributed by atoms with Gasteiger partial charge < -0.3 is 19.4 Å². The lowest BCUT2D eigenvalue weighted by Gasteiger charge is -2.19. The molecule has 2 aromatic carbocycles. The van der Waals surface area contributed by atoms with E-state index in [1.807, 2.05) is 37.4 Å². The highest BCUT2D eigenvalue weighted by atomic mass is 35.5. The van der Waals surface area contributed by atoms with Gasteiger partial charge >= 0.3 is 0 Å². The number of halogens is 1. The van der Waals surface area contributed by atoms with Gasteiger partial charge in [0.05, 0.1) is 14.2 Å². The van der Waals surface area contributed by atoms with Crippen molar-refractivity contribution in [3.05, 3.63) is 53.3 Å². The highest BCUT2D eigenvalue weighted by Gasteiger charge is 2.14. The lowest BCUT2D eigenvalue weighted by atomic mass is 10.1. The first-order chi connectivity index (χ1) is 13.6. The lowest BCUT2D eigenvalue weighted by molar-refractivity contribution is 0.354. The number of H-pyrrole nitrogens is 1. The smallest absolute Gasteiger partial charge is 0.160 e. The second-order valence-electron chi connectivity index (χ2n) is 6.60. The van der Waals surface area contributed by atoms with Crippen LogP contribution in [-0.4, -0.2) is 42.8 Å². The summed E-state index contributed by atoms with van der Waals surface area (Å²) in [5.74, 6) is 2.33. The van der Waals surface area contributed by atoms with Crippen molar-refractivity contribution in [2.45, 2.75) is 6.42 Å². The van der Waals surface area contributed by atoms with E-state index in [4.69, 9.17) is 21.1 Å². The molecule has 28 heavy (non-hydrogen) atoms. The Balaban J connectivity index is 1.61. The molecule has 1 N–H and O–H groups in total. The number of benzene rings is 2. The van der Waals surface area contributed by atoms with E-state index in [9.17, 15) is 0 Å². The van der Waals surface area contributed by atoms with E-state index in [2.05, 4.69) is 25.9 Å². The van der Waals surface area contributed by atoms with Gasteiger partial charge in [0.15, 0.2) is 17.3 Å². The fourth-order valence-electron chi connectivity index (χ4n) is 3.38. The number of nitrogens with zero attached hydrogens (tertiary/aromatic N) is 3. The van der Waals surface area contributed by atoms with Crippen molar-refractivity contribution < 1.29 is 9.47 Å². The zero-order valence-electron chi connectivity index (χ0n) is 16.0. The summed E-state index contributed by atoms with van der Waals surface area (Å²) < 4.78 is 10.7. The minimum absolute atomic E-state index is 0.690. The maximum atomic E-state index is 6.16. The Morgan fingerprint density at radius 3 is 2.64 bits per heavy atom. The number of likely N-dealkylation sites (N-methyl/N-ethyl adjacent to an activating group) is 1. The Morgan fingerprint density at radius 2 is 1.86 bits per heavy atom. The molecule has 0 amide bonds. The van der Waals surface area contributed by atoms with Gasteiger partial charge in [0, 0.05) is 29.5 Å². The molecule has 2 heterocycles. The number of methoxy groups -OCH3 is 2. The second kappa shape index (κ2) is 7.56. The van der Waals surface area contributed by atoms with Gasteiger partial charge in [-0.2, -0.15) is 0 Å². The van der Waals surface area contributed by atoms with Crippen LogP contribution in [0.2, 0.25) is 5.02 Å². The van der Waals surface area contributed by atoms with Gasteiger partial charge in [-0.05, 0) is 42.3 Å². The summed E-state index contributed by atoms with van der Waals surface area (Å²) in [6.07, 6.45) is 2.44. The van der Waals surface area contributed by atoms with Crippen molar-refractivity contribution in [2.24, 2.45) is 0 Å². The molecule has 4 rings (SSSR count). The topological polar surface area (TPSA) is 63.3 Å². The molecule has 0 aliphatic carbocycles. The van der Waals surface area contributed by atoms with E-state index < -0.39 is 0 Å². The highest BCUT2D eigenvalue weighted by molar-refractivity contribution is 6.31. The van der Waals surface area contributed by atoms with E-state index in [1.165, 1.54) is 5.56 Å². The molecule has 0 bridgehead atoms. The maximum absolute atomic E-state index is 6.16. The first-order valence-electron chi connectivity index (χ1n) is 8.94. The van der Waals surface area contributed by atoms with Gasteiger partial charge in [-0.25, -0.2) is 9.97 Å². The Morgan fingerprint density at radius 1 is 1.04 bits per heavy atom. The SMILES string of the molecule is COc1ccc(CCN(C)c2ncnc3c2[nH]c2ccc(Cl)cc23)cc1OC. The summed E-state index contributed by atoms with van der Waals surface area (Å²) in [6, 6.07) is 11.7. The molecule has 144 valence electrons. The molecule has 7 heteroatoms. The number of hydrogen-bond donors (Lipinski definition) is 1. The monoisotopic (exact) mass is 396 g/mol. The van der Waals surface area contributed by atoms with Gasteiger partial charge in [-0.1, -0.05) is 17.7 Å². The summed E-state index contributed by atoms with van der Waals surface area (Å²) in [5, 5.41) is 1.69. The van der Waals surface area contributed by atoms with E-state index in [0.29, 0.717) is 5.02 Å². The third-order valence-electron chi connectivity index (χ3n) is 4.87. The fourth-order valence-corrected chi connectivity index (χ4v) is 3.55. The summed E-state index contributed by atoms with van der Waals surface area (Å²) in [7, 11) is 5.31. The van der Waals surface area contributed by atoms with Crippen LogP contribution >= 0.6 is 11.6 Å². The minimum atomic E-state index is 0.690. The van der Waals surface area contributed by atoms with Crippen LogP contribution in [0.3, 0.4) is 0 Å². The number of aromatic nitrogens is 3. The number of rotatable bonds is 6. The maximum Gasteiger partial charge on any atom is 0.160 e. The molecule has 0 spiro atoms. The van der Waals surface area contributed by atoms with Crippen LogP contribution in [0.4, 0.5) is 5.82 Å². The molecular weight excluding hydrogens is 376 g/mol. The molecule has 0 aliphatic rings. The first kappa shape index (κ1) is 18.4. The van der Waals surface area contributed by atoms with Gasteiger partial charge in [0.25, 0.3) is 0 Å². The Labute approximate surface area is 168 Å². The van der Waals surface area contributed by atoms with E-state index >= 15 is 0 Å². The quantitative estimate of drug-likeness (QED) is 0.521. The molecule has 0 radical (unpaired) electrons. The molecule has 0 aliphatic heterocycles. The molecular formula is C21H21ClN4O2. The molecule has 2 aromatic heterocycles. The first-order valence-corrected chi connectivity index (χ1v) is 9.32. The van der Waals surface area contributed by atoms with Crippen LogP contribution in [0.15, 0.2) is 42.7 Å². The zero-order chi connectivity index (χ0) is 19.7. The third kappa shape index (κ3) is 3.31. The Kier molecular flexibility index (Phi) is 4.96. The Bertz CT molecular complexity index is 1140. The molecule has 0 unspecified atom stereocenters. The minimum Gasteiger partial charge on any atom is -0.493 e. The molecule has 0 saturated heterocycles. The fraction of sp³-hybridized carbons (Fsp3) is 0.238. The lowest BCUT2D eigenvalue weighted by Crippen LogP contribution is -2.21. The molecule has 0 saturated carbocycles. The third-order valence-corrected chi connectivity index (χ3v) is 5.10. The van der Waals surface area contributed by atoms with Gasteiger partial charge in [0.2, 0.25) is 0 Å². The number of aromatic amines is 1. The normalized spacial score (nSPS) is 11.1. The second-order valence-corrected chi connectivity index (χ2v) is 7.03. The van der Waals surface area contributed by atoms with Gasteiger partial charge in [-0.3, -0.25) is 0 Å². The van der Waals surface area contributed by atoms with Gasteiger partial charge in [-0.15, -0.1) is 0 Å². The van der Waals surface area contributed by atoms with Crippen molar-refractivity contribution in [2.75, 3.05) is 32.7 Å². The van der Waals surface area contributed by atoms with Crippen LogP contribution in [0.1, 0.15) is 5.56 Å². The number of fused-ring (bicyclic) bond motifs is 3. The molecule has 0 fully saturated rings. The van der Waals surface area contributed by atoms with Crippen LogP contribution in [0, 0.1) is 0 Å². The summed E-state index contributed by atoms with van der Waals surface area (Å²) >= 11 is 6.16. The van der Waals surface area contributed by atoms with Crippen LogP contribution < -0.4 is 14.4 Å². The van der Waals surface area contributed by atoms with Crippen molar-refractivity contribution in [1.82, 2.24) is 15.0 Å². The molecule has 0 atom stereocenters. The van der Waals surface area contributed by atoms with Crippen molar-refractivity contribution in [1.29, 1.82) is 0 Å². The number of nitrogens with one attached hydrogen (secondary N) is 1. The predicted molar refractivity (Wildman–Crippen MR) is 113 cm³/mol. The summed E-state index contributed by atoms with van der Waals surface area (Å²) in [6.45, 7) is 0.789. The van der Waals surface area contributed by atoms with E-state index in [-0.39, 0.29) is 0 Å². The average Bonchev–Trinajstić information content (AvgIpc) is 3.09. The van der Waals surface area contributed by atoms with Crippen molar-refractivity contribution >= 4 is 39.4 Å². The Hall–Kier alpha value is -2.99. The highest BCUT2D eigenvalue weighted by Crippen LogP contribution is 2.31. The van der Waals surface area contributed by atoms with Crippen molar-refractivity contribution in [3.8, 4) is 11.5 Å². The van der Waals surface area contributed by atoms with Crippen LogP contribution in [0.25, 0.3) is 21.9 Å². The predicted octanol–water partition coefficient (Wildman–Crippen LogP) is 4.46.